The summed E-state index contributed by atoms with van der Waals surface area (Å²) in [5.74, 6) is -0.165. The quantitative estimate of drug-likeness (QED) is 0.535. The van der Waals surface area contributed by atoms with Gasteiger partial charge in [-0.2, -0.15) is 0 Å². The van der Waals surface area contributed by atoms with Crippen molar-refractivity contribution in [3.8, 4) is 11.1 Å². The number of carbonyl (C=O) groups is 2. The number of allylic oxidation sites excluding steroid dienone is 1. The number of carbonyl (C=O) groups excluding carboxylic acids is 2. The number of nitrogens with zero attached hydrogens (tertiary/aromatic N) is 4. The molecule has 202 valence electrons. The van der Waals surface area contributed by atoms with Crippen LogP contribution in [0.15, 0.2) is 65.3 Å². The molecule has 0 aliphatic carbocycles. The first-order chi connectivity index (χ1) is 19.1. The number of anilines is 1. The molecule has 0 atom stereocenters. The third kappa shape index (κ3) is 5.73. The van der Waals surface area contributed by atoms with Crippen molar-refractivity contribution in [3.63, 3.8) is 0 Å². The number of rotatable bonds is 6. The average Bonchev–Trinajstić information content (AvgIpc) is 3.64. The molecule has 4 aliphatic heterocycles. The van der Waals surface area contributed by atoms with Gasteiger partial charge in [-0.05, 0) is 80.9 Å². The largest absolute Gasteiger partial charge is 0.366 e. The van der Waals surface area contributed by atoms with Gasteiger partial charge in [-0.25, -0.2) is 0 Å². The van der Waals surface area contributed by atoms with Gasteiger partial charge in [-0.1, -0.05) is 6.07 Å². The summed E-state index contributed by atoms with van der Waals surface area (Å²) in [6.07, 6.45) is 13.1. The molecule has 0 bridgehead atoms. The van der Waals surface area contributed by atoms with Gasteiger partial charge < -0.3 is 20.9 Å². The molecule has 0 radical (unpaired) electrons. The van der Waals surface area contributed by atoms with Crippen LogP contribution in [-0.4, -0.2) is 65.2 Å². The lowest BCUT2D eigenvalue weighted by atomic mass is 9.98. The standard InChI is InChI=1S/C30H35N7O2/c38-29(35-25-7-5-23(16-32-18-25)30(39)37-11-3-4-12-37)28-26-14-22(6-8-27(26)33-20-34-28)24-13-21(15-31-17-24)19-36-9-1-2-10-36/h6,8,13-18,32-33H,1-5,7,9-12,19-20H2,(H,35,38). The Labute approximate surface area is 229 Å². The summed E-state index contributed by atoms with van der Waals surface area (Å²) < 4.78 is 0. The third-order valence-electron chi connectivity index (χ3n) is 7.85. The molecule has 2 fully saturated rings. The van der Waals surface area contributed by atoms with Gasteiger partial charge in [0.1, 0.15) is 12.4 Å². The topological polar surface area (TPSA) is 102 Å². The fraction of sp³-hybridized carbons (Fsp3) is 0.400. The Bertz CT molecular complexity index is 1350. The predicted octanol–water partition coefficient (Wildman–Crippen LogP) is 3.36. The van der Waals surface area contributed by atoms with E-state index in [0.717, 1.165) is 79.2 Å². The minimum Gasteiger partial charge on any atom is -0.366 e. The number of hydrogen-bond acceptors (Lipinski definition) is 7. The van der Waals surface area contributed by atoms with E-state index < -0.39 is 0 Å². The van der Waals surface area contributed by atoms with E-state index in [-0.39, 0.29) is 11.8 Å². The van der Waals surface area contributed by atoms with Gasteiger partial charge in [0.15, 0.2) is 0 Å². The van der Waals surface area contributed by atoms with Crippen LogP contribution in [-0.2, 0) is 16.1 Å². The van der Waals surface area contributed by atoms with Crippen LogP contribution in [0.1, 0.15) is 49.7 Å². The van der Waals surface area contributed by atoms with Crippen LogP contribution in [0.2, 0.25) is 0 Å². The van der Waals surface area contributed by atoms with Gasteiger partial charge in [0.2, 0.25) is 0 Å². The lowest BCUT2D eigenvalue weighted by molar-refractivity contribution is -0.126. The molecule has 0 unspecified atom stereocenters. The van der Waals surface area contributed by atoms with Crippen LogP contribution in [0.5, 0.6) is 0 Å². The van der Waals surface area contributed by atoms with Gasteiger partial charge in [0.05, 0.1) is 0 Å². The first-order valence-electron chi connectivity index (χ1n) is 14.0. The second kappa shape index (κ2) is 11.4. The maximum absolute atomic E-state index is 13.4. The van der Waals surface area contributed by atoms with Crippen molar-refractivity contribution in [2.45, 2.75) is 45.1 Å². The highest BCUT2D eigenvalue weighted by atomic mass is 16.2. The number of aromatic nitrogens is 1. The van der Waals surface area contributed by atoms with Crippen LogP contribution < -0.4 is 16.0 Å². The zero-order chi connectivity index (χ0) is 26.6. The number of nitrogens with one attached hydrogen (secondary N) is 3. The van der Waals surface area contributed by atoms with E-state index >= 15 is 0 Å². The van der Waals surface area contributed by atoms with E-state index in [1.165, 1.54) is 18.4 Å². The van der Waals surface area contributed by atoms with Gasteiger partial charge in [-0.3, -0.25) is 24.5 Å². The van der Waals surface area contributed by atoms with Crippen LogP contribution >= 0.6 is 0 Å². The highest BCUT2D eigenvalue weighted by molar-refractivity contribution is 6.47. The SMILES string of the molecule is O=C(NC1=CNC=C(C(=O)N2CCCC2)CC1)C1=NCNc2ccc(-c3cncc(CN4CCCC4)c3)cc21. The molecule has 2 amide bonds. The summed E-state index contributed by atoms with van der Waals surface area (Å²) >= 11 is 0. The van der Waals surface area contributed by atoms with Crippen LogP contribution in [0.25, 0.3) is 11.1 Å². The molecule has 9 nitrogen and oxygen atoms in total. The fourth-order valence-corrected chi connectivity index (χ4v) is 5.74. The maximum Gasteiger partial charge on any atom is 0.274 e. The van der Waals surface area contributed by atoms with E-state index in [1.807, 2.05) is 29.4 Å². The Morgan fingerprint density at radius 1 is 0.923 bits per heavy atom. The first kappa shape index (κ1) is 25.3. The molecule has 39 heavy (non-hydrogen) atoms. The number of amides is 2. The average molecular weight is 526 g/mol. The van der Waals surface area contributed by atoms with Crippen LogP contribution in [0.3, 0.4) is 0 Å². The first-order valence-corrected chi connectivity index (χ1v) is 14.0. The maximum atomic E-state index is 13.4. The van der Waals surface area contributed by atoms with Gasteiger partial charge in [-0.15, -0.1) is 0 Å². The van der Waals surface area contributed by atoms with Gasteiger partial charge in [0, 0.05) is 72.5 Å². The molecule has 0 spiro atoms. The number of aliphatic imine (C=N–C) groups is 1. The molecule has 5 heterocycles. The molecule has 1 aromatic heterocycles. The molecule has 6 rings (SSSR count). The molecule has 9 heteroatoms. The molecule has 2 aromatic rings. The lowest BCUT2D eigenvalue weighted by Crippen LogP contribution is -2.34. The minimum absolute atomic E-state index is 0.0872. The second-order valence-corrected chi connectivity index (χ2v) is 10.6. The van der Waals surface area contributed by atoms with Crippen molar-refractivity contribution >= 4 is 23.2 Å². The van der Waals surface area contributed by atoms with Gasteiger partial charge >= 0.3 is 0 Å². The van der Waals surface area contributed by atoms with E-state index in [0.29, 0.717) is 25.2 Å². The highest BCUT2D eigenvalue weighted by Gasteiger charge is 2.25. The smallest absolute Gasteiger partial charge is 0.274 e. The van der Waals surface area contributed by atoms with Crippen LogP contribution in [0.4, 0.5) is 5.69 Å². The Morgan fingerprint density at radius 3 is 2.59 bits per heavy atom. The van der Waals surface area contributed by atoms with E-state index in [9.17, 15) is 9.59 Å². The van der Waals surface area contributed by atoms with Crippen molar-refractivity contribution in [2.24, 2.45) is 4.99 Å². The normalized spacial score (nSPS) is 19.2. The fourth-order valence-electron chi connectivity index (χ4n) is 5.74. The zero-order valence-electron chi connectivity index (χ0n) is 22.2. The predicted molar refractivity (Wildman–Crippen MR) is 152 cm³/mol. The molecule has 4 aliphatic rings. The van der Waals surface area contributed by atoms with Crippen molar-refractivity contribution in [3.05, 3.63) is 71.5 Å². The minimum atomic E-state index is -0.252. The molecular formula is C30H35N7O2. The van der Waals surface area contributed by atoms with Crippen molar-refractivity contribution < 1.29 is 9.59 Å². The molecule has 2 saturated heterocycles. The summed E-state index contributed by atoms with van der Waals surface area (Å²) in [7, 11) is 0. The molecule has 0 saturated carbocycles. The summed E-state index contributed by atoms with van der Waals surface area (Å²) in [5, 5.41) is 9.40. The van der Waals surface area contributed by atoms with Crippen molar-refractivity contribution in [1.29, 1.82) is 0 Å². The monoisotopic (exact) mass is 525 g/mol. The van der Waals surface area contributed by atoms with Crippen molar-refractivity contribution in [1.82, 2.24) is 25.4 Å². The van der Waals surface area contributed by atoms with Gasteiger partial charge in [0.25, 0.3) is 11.8 Å². The zero-order valence-corrected chi connectivity index (χ0v) is 22.2. The number of hydrogen-bond donors (Lipinski definition) is 3. The van der Waals surface area contributed by atoms with Crippen molar-refractivity contribution in [2.75, 3.05) is 38.2 Å². The summed E-state index contributed by atoms with van der Waals surface area (Å²) in [4.78, 5) is 39.6. The van der Waals surface area contributed by atoms with E-state index in [2.05, 4.69) is 43.0 Å². The van der Waals surface area contributed by atoms with E-state index in [4.69, 9.17) is 0 Å². The summed E-state index contributed by atoms with van der Waals surface area (Å²) in [5.41, 5.74) is 6.75. The summed E-state index contributed by atoms with van der Waals surface area (Å²) in [6, 6.07) is 8.28. The Balaban J connectivity index is 1.14. The number of pyridine rings is 1. The number of likely N-dealkylation sites (tertiary alicyclic amines) is 2. The van der Waals surface area contributed by atoms with E-state index in [1.54, 1.807) is 12.4 Å². The highest BCUT2D eigenvalue weighted by Crippen LogP contribution is 2.29. The Kier molecular flexibility index (Phi) is 7.40. The molecular weight excluding hydrogens is 490 g/mol. The third-order valence-corrected chi connectivity index (χ3v) is 7.85. The van der Waals surface area contributed by atoms with Crippen LogP contribution in [0, 0.1) is 0 Å². The lowest BCUT2D eigenvalue weighted by Gasteiger charge is -2.20. The Morgan fingerprint density at radius 2 is 1.74 bits per heavy atom. The molecule has 3 N–H and O–H groups in total. The second-order valence-electron chi connectivity index (χ2n) is 10.6. The molecule has 1 aromatic carbocycles. The Hall–Kier alpha value is -3.98. The summed E-state index contributed by atoms with van der Waals surface area (Å²) in [6.45, 7) is 5.17. The number of benzene rings is 1. The number of fused-ring (bicyclic) bond motifs is 1.